The molecule has 4 aromatic heterocycles. The van der Waals surface area contributed by atoms with Gasteiger partial charge >= 0.3 is 0 Å². The summed E-state index contributed by atoms with van der Waals surface area (Å²) in [6.07, 6.45) is 4.28. The SMILES string of the molecule is Cc1nc(N)c2nc(-c3cncc(F)c3)n(Cc3cc(Cl)ccn3)c2n1. The quantitative estimate of drug-likeness (QED) is 0.596. The summed E-state index contributed by atoms with van der Waals surface area (Å²) in [4.78, 5) is 21.4. The van der Waals surface area contributed by atoms with Gasteiger partial charge in [-0.3, -0.25) is 9.97 Å². The number of nitrogen functional groups attached to an aromatic ring is 1. The molecule has 0 saturated heterocycles. The summed E-state index contributed by atoms with van der Waals surface area (Å²) in [5.74, 6) is 0.785. The first-order chi connectivity index (χ1) is 12.5. The summed E-state index contributed by atoms with van der Waals surface area (Å²) in [5, 5.41) is 0.568. The van der Waals surface area contributed by atoms with Crippen molar-refractivity contribution in [3.63, 3.8) is 0 Å². The Morgan fingerprint density at radius 2 is 2.04 bits per heavy atom. The van der Waals surface area contributed by atoms with E-state index in [-0.39, 0.29) is 5.82 Å². The van der Waals surface area contributed by atoms with Crippen LogP contribution in [0.15, 0.2) is 36.8 Å². The van der Waals surface area contributed by atoms with Crippen LogP contribution < -0.4 is 5.73 Å². The summed E-state index contributed by atoms with van der Waals surface area (Å²) >= 11 is 6.06. The van der Waals surface area contributed by atoms with Gasteiger partial charge in [0.2, 0.25) is 0 Å². The Labute approximate surface area is 152 Å². The van der Waals surface area contributed by atoms with Gasteiger partial charge in [0.25, 0.3) is 0 Å². The number of halogens is 2. The maximum absolute atomic E-state index is 13.7. The molecule has 0 amide bonds. The molecule has 0 bridgehead atoms. The van der Waals surface area contributed by atoms with Gasteiger partial charge in [0.15, 0.2) is 17.0 Å². The third-order valence-electron chi connectivity index (χ3n) is 3.80. The molecule has 0 aromatic carbocycles. The maximum Gasteiger partial charge on any atom is 0.166 e. The highest BCUT2D eigenvalue weighted by molar-refractivity contribution is 6.30. The number of anilines is 1. The third-order valence-corrected chi connectivity index (χ3v) is 4.03. The van der Waals surface area contributed by atoms with Crippen molar-refractivity contribution in [1.82, 2.24) is 29.5 Å². The minimum absolute atomic E-state index is 0.260. The molecule has 0 atom stereocenters. The molecule has 0 radical (unpaired) electrons. The second-order valence-electron chi connectivity index (χ2n) is 5.71. The highest BCUT2D eigenvalue weighted by Crippen LogP contribution is 2.27. The number of nitrogens with two attached hydrogens (primary N) is 1. The molecule has 0 fully saturated rings. The predicted molar refractivity (Wildman–Crippen MR) is 96.0 cm³/mol. The van der Waals surface area contributed by atoms with E-state index in [1.54, 1.807) is 29.8 Å². The van der Waals surface area contributed by atoms with Gasteiger partial charge in [0.1, 0.15) is 17.5 Å². The summed E-state index contributed by atoms with van der Waals surface area (Å²) in [5.41, 5.74) is 8.20. The van der Waals surface area contributed by atoms with Gasteiger partial charge in [0.05, 0.1) is 18.4 Å². The molecule has 4 aromatic rings. The van der Waals surface area contributed by atoms with Crippen molar-refractivity contribution in [3.8, 4) is 11.4 Å². The van der Waals surface area contributed by atoms with Crippen molar-refractivity contribution in [3.05, 3.63) is 59.1 Å². The van der Waals surface area contributed by atoms with Crippen LogP contribution in [-0.4, -0.2) is 29.5 Å². The number of aromatic nitrogens is 6. The standard InChI is InChI=1S/C17H13ClFN7/c1-9-23-15(20)14-17(24-9)26(8-13-5-11(18)2-3-22-13)16(25-14)10-4-12(19)7-21-6-10/h2-7H,8H2,1H3,(H2,20,23,24). The Morgan fingerprint density at radius 1 is 1.19 bits per heavy atom. The number of aryl methyl sites for hydroxylation is 1. The van der Waals surface area contributed by atoms with E-state index in [4.69, 9.17) is 17.3 Å². The van der Waals surface area contributed by atoms with Crippen molar-refractivity contribution < 1.29 is 4.39 Å². The first kappa shape index (κ1) is 16.3. The Balaban J connectivity index is 1.97. The summed E-state index contributed by atoms with van der Waals surface area (Å²) in [6.45, 7) is 2.08. The second kappa shape index (κ2) is 6.30. The number of hydrogen-bond donors (Lipinski definition) is 1. The molecular formula is C17H13ClFN7. The summed E-state index contributed by atoms with van der Waals surface area (Å²) in [6, 6.07) is 4.80. The Bertz CT molecular complexity index is 1130. The number of imidazole rings is 1. The average molecular weight is 370 g/mol. The fourth-order valence-electron chi connectivity index (χ4n) is 2.74. The minimum atomic E-state index is -0.461. The molecule has 130 valence electrons. The number of nitrogens with zero attached hydrogens (tertiary/aromatic N) is 6. The van der Waals surface area contributed by atoms with Crippen molar-refractivity contribution >= 4 is 28.6 Å². The monoisotopic (exact) mass is 369 g/mol. The van der Waals surface area contributed by atoms with Gasteiger partial charge in [-0.15, -0.1) is 0 Å². The number of hydrogen-bond acceptors (Lipinski definition) is 6. The normalized spacial score (nSPS) is 11.2. The van der Waals surface area contributed by atoms with Crippen LogP contribution in [-0.2, 0) is 6.54 Å². The fraction of sp³-hybridized carbons (Fsp3) is 0.118. The number of pyridine rings is 2. The van der Waals surface area contributed by atoms with E-state index in [0.29, 0.717) is 45.6 Å². The van der Waals surface area contributed by atoms with E-state index in [1.165, 1.54) is 12.3 Å². The molecular weight excluding hydrogens is 357 g/mol. The van der Waals surface area contributed by atoms with Gasteiger partial charge in [-0.05, 0) is 25.1 Å². The van der Waals surface area contributed by atoms with Crippen molar-refractivity contribution in [2.45, 2.75) is 13.5 Å². The first-order valence-electron chi connectivity index (χ1n) is 7.73. The molecule has 0 aliphatic carbocycles. The van der Waals surface area contributed by atoms with Crippen LogP contribution in [0.3, 0.4) is 0 Å². The zero-order chi connectivity index (χ0) is 18.3. The van der Waals surface area contributed by atoms with Crippen LogP contribution in [0.5, 0.6) is 0 Å². The average Bonchev–Trinajstić information content (AvgIpc) is 2.94. The molecule has 0 spiro atoms. The zero-order valence-corrected chi connectivity index (χ0v) is 14.4. The van der Waals surface area contributed by atoms with Gasteiger partial charge in [-0.1, -0.05) is 11.6 Å². The predicted octanol–water partition coefficient (Wildman–Crippen LogP) is 3.01. The fourth-order valence-corrected chi connectivity index (χ4v) is 2.92. The first-order valence-corrected chi connectivity index (χ1v) is 8.11. The molecule has 4 rings (SSSR count). The highest BCUT2D eigenvalue weighted by atomic mass is 35.5. The van der Waals surface area contributed by atoms with E-state index in [2.05, 4.69) is 24.9 Å². The molecule has 4 heterocycles. The largest absolute Gasteiger partial charge is 0.382 e. The van der Waals surface area contributed by atoms with Gasteiger partial charge in [-0.2, -0.15) is 0 Å². The summed E-state index contributed by atoms with van der Waals surface area (Å²) in [7, 11) is 0. The summed E-state index contributed by atoms with van der Waals surface area (Å²) < 4.78 is 15.5. The highest BCUT2D eigenvalue weighted by Gasteiger charge is 2.18. The topological polar surface area (TPSA) is 95.4 Å². The van der Waals surface area contributed by atoms with Crippen LogP contribution in [0.1, 0.15) is 11.5 Å². The van der Waals surface area contributed by atoms with Gasteiger partial charge in [-0.25, -0.2) is 19.3 Å². The maximum atomic E-state index is 13.7. The van der Waals surface area contributed by atoms with E-state index < -0.39 is 5.82 Å². The van der Waals surface area contributed by atoms with Gasteiger partial charge < -0.3 is 10.3 Å². The van der Waals surface area contributed by atoms with Crippen molar-refractivity contribution in [2.24, 2.45) is 0 Å². The lowest BCUT2D eigenvalue weighted by molar-refractivity contribution is 0.621. The molecule has 26 heavy (non-hydrogen) atoms. The van der Waals surface area contributed by atoms with Crippen molar-refractivity contribution in [1.29, 1.82) is 0 Å². The van der Waals surface area contributed by atoms with Crippen LogP contribution in [0.4, 0.5) is 10.2 Å². The molecule has 0 aliphatic rings. The Hall–Kier alpha value is -3.13. The Kier molecular flexibility index (Phi) is 3.96. The lowest BCUT2D eigenvalue weighted by Gasteiger charge is -2.09. The zero-order valence-electron chi connectivity index (χ0n) is 13.7. The van der Waals surface area contributed by atoms with Crippen LogP contribution in [0.25, 0.3) is 22.6 Å². The molecule has 0 aliphatic heterocycles. The number of rotatable bonds is 3. The van der Waals surface area contributed by atoms with Crippen molar-refractivity contribution in [2.75, 3.05) is 5.73 Å². The smallest absolute Gasteiger partial charge is 0.166 e. The molecule has 7 nitrogen and oxygen atoms in total. The van der Waals surface area contributed by atoms with E-state index >= 15 is 0 Å². The lowest BCUT2D eigenvalue weighted by Crippen LogP contribution is -2.06. The third kappa shape index (κ3) is 2.95. The van der Waals surface area contributed by atoms with E-state index in [0.717, 1.165) is 6.20 Å². The molecule has 9 heteroatoms. The molecule has 0 unspecified atom stereocenters. The lowest BCUT2D eigenvalue weighted by atomic mass is 10.2. The van der Waals surface area contributed by atoms with E-state index in [1.807, 2.05) is 0 Å². The second-order valence-corrected chi connectivity index (χ2v) is 6.14. The number of fused-ring (bicyclic) bond motifs is 1. The molecule has 2 N–H and O–H groups in total. The molecule has 0 saturated carbocycles. The van der Waals surface area contributed by atoms with Crippen LogP contribution >= 0.6 is 11.6 Å². The van der Waals surface area contributed by atoms with Crippen LogP contribution in [0.2, 0.25) is 5.02 Å². The van der Waals surface area contributed by atoms with E-state index in [9.17, 15) is 4.39 Å². The minimum Gasteiger partial charge on any atom is -0.382 e. The Morgan fingerprint density at radius 3 is 2.81 bits per heavy atom. The van der Waals surface area contributed by atoms with Gasteiger partial charge in [0, 0.05) is 23.0 Å². The van der Waals surface area contributed by atoms with Crippen LogP contribution in [0, 0.1) is 12.7 Å².